The number of halogens is 1. The molecule has 1 aromatic carbocycles. The maximum absolute atomic E-state index is 13.1. The number of carbonyl (C=O) groups excluding carboxylic acids is 1. The van der Waals surface area contributed by atoms with E-state index in [2.05, 4.69) is 5.32 Å². The Morgan fingerprint density at radius 2 is 1.95 bits per heavy atom. The Hall–Kier alpha value is -2.02. The number of carbonyl (C=O) groups is 1. The Kier molecular flexibility index (Phi) is 6.42. The fourth-order valence-corrected chi connectivity index (χ4v) is 2.42. The Labute approximate surface area is 128 Å². The van der Waals surface area contributed by atoms with Crippen molar-refractivity contribution in [3.8, 4) is 0 Å². The van der Waals surface area contributed by atoms with Crippen LogP contribution in [0.15, 0.2) is 18.2 Å². The second-order valence-corrected chi connectivity index (χ2v) is 5.33. The van der Waals surface area contributed by atoms with Gasteiger partial charge in [-0.3, -0.25) is 14.9 Å². The molecule has 0 spiro atoms. The number of nitro benzene ring substituents is 1. The lowest BCUT2D eigenvalue weighted by atomic mass is 9.92. The molecule has 1 rings (SSSR count). The first-order valence-corrected chi connectivity index (χ1v) is 7.27. The molecule has 0 atom stereocenters. The fourth-order valence-electron chi connectivity index (χ4n) is 2.42. The summed E-state index contributed by atoms with van der Waals surface area (Å²) in [4.78, 5) is 22.2. The van der Waals surface area contributed by atoms with Crippen molar-refractivity contribution in [1.29, 1.82) is 0 Å². The van der Waals surface area contributed by atoms with Gasteiger partial charge in [0.2, 0.25) is 0 Å². The Balaban J connectivity index is 2.87. The van der Waals surface area contributed by atoms with E-state index in [4.69, 9.17) is 0 Å². The van der Waals surface area contributed by atoms with Crippen LogP contribution >= 0.6 is 0 Å². The molecule has 0 heterocycles. The van der Waals surface area contributed by atoms with Gasteiger partial charge >= 0.3 is 0 Å². The molecule has 6 nitrogen and oxygen atoms in total. The van der Waals surface area contributed by atoms with Crippen molar-refractivity contribution in [2.75, 3.05) is 6.54 Å². The van der Waals surface area contributed by atoms with Crippen molar-refractivity contribution in [3.63, 3.8) is 0 Å². The average Bonchev–Trinajstić information content (AvgIpc) is 2.45. The molecule has 0 aromatic heterocycles. The molecule has 0 unspecified atom stereocenters. The van der Waals surface area contributed by atoms with Crippen LogP contribution in [0.4, 0.5) is 10.1 Å². The van der Waals surface area contributed by atoms with E-state index in [1.807, 2.05) is 13.8 Å². The molecule has 7 heteroatoms. The van der Waals surface area contributed by atoms with Gasteiger partial charge in [0, 0.05) is 6.54 Å². The molecule has 0 aliphatic carbocycles. The molecule has 0 radical (unpaired) electrons. The number of amides is 1. The number of benzene rings is 1. The van der Waals surface area contributed by atoms with Crippen LogP contribution in [0.3, 0.4) is 0 Å². The number of nitro groups is 1. The smallest absolute Gasteiger partial charge is 0.285 e. The zero-order chi connectivity index (χ0) is 16.8. The molecule has 1 aromatic rings. The van der Waals surface area contributed by atoms with Crippen LogP contribution in [-0.4, -0.2) is 28.1 Å². The molecule has 2 N–H and O–H groups in total. The second-order valence-electron chi connectivity index (χ2n) is 5.33. The molecule has 122 valence electrons. The highest BCUT2D eigenvalue weighted by atomic mass is 19.1. The molecular formula is C15H21FN2O4. The Morgan fingerprint density at radius 3 is 2.45 bits per heavy atom. The lowest BCUT2D eigenvalue weighted by Gasteiger charge is -2.27. The third-order valence-corrected chi connectivity index (χ3v) is 3.41. The zero-order valence-corrected chi connectivity index (χ0v) is 12.8. The van der Waals surface area contributed by atoms with Crippen LogP contribution < -0.4 is 5.32 Å². The van der Waals surface area contributed by atoms with Gasteiger partial charge < -0.3 is 10.4 Å². The van der Waals surface area contributed by atoms with Crippen molar-refractivity contribution in [2.24, 2.45) is 0 Å². The maximum atomic E-state index is 13.1. The minimum absolute atomic E-state index is 0.00203. The first-order valence-electron chi connectivity index (χ1n) is 7.27. The van der Waals surface area contributed by atoms with E-state index in [0.29, 0.717) is 18.9 Å². The lowest BCUT2D eigenvalue weighted by molar-refractivity contribution is -0.385. The second kappa shape index (κ2) is 7.84. The van der Waals surface area contributed by atoms with E-state index in [-0.39, 0.29) is 12.1 Å². The summed E-state index contributed by atoms with van der Waals surface area (Å²) in [6.07, 6.45) is 2.55. The van der Waals surface area contributed by atoms with Crippen molar-refractivity contribution < 1.29 is 19.2 Å². The molecular weight excluding hydrogens is 291 g/mol. The van der Waals surface area contributed by atoms with Crippen molar-refractivity contribution in [1.82, 2.24) is 5.32 Å². The first kappa shape index (κ1) is 18.0. The predicted octanol–water partition coefficient (Wildman–Crippen LogP) is 2.80. The van der Waals surface area contributed by atoms with Gasteiger partial charge in [0.05, 0.1) is 16.6 Å². The van der Waals surface area contributed by atoms with Gasteiger partial charge in [0.15, 0.2) is 0 Å². The van der Waals surface area contributed by atoms with E-state index in [9.17, 15) is 24.4 Å². The first-order chi connectivity index (χ1) is 10.3. The van der Waals surface area contributed by atoms with Gasteiger partial charge in [-0.05, 0) is 25.0 Å². The van der Waals surface area contributed by atoms with E-state index in [0.717, 1.165) is 25.0 Å². The normalized spacial score (nSPS) is 11.3. The molecule has 22 heavy (non-hydrogen) atoms. The summed E-state index contributed by atoms with van der Waals surface area (Å²) in [7, 11) is 0. The van der Waals surface area contributed by atoms with Crippen LogP contribution in [0.25, 0.3) is 0 Å². The van der Waals surface area contributed by atoms with Crippen LogP contribution in [0.1, 0.15) is 49.9 Å². The number of hydrogen-bond donors (Lipinski definition) is 2. The standard InChI is InChI=1S/C15H21FN2O4/c1-3-7-15(20,8-4-2)10-17-14(19)12-6-5-11(16)9-13(12)18(21)22/h5-6,9,20H,3-4,7-8,10H2,1-2H3,(H,17,19). The topological polar surface area (TPSA) is 92.5 Å². The monoisotopic (exact) mass is 312 g/mol. The summed E-state index contributed by atoms with van der Waals surface area (Å²) in [5, 5.41) is 23.8. The summed E-state index contributed by atoms with van der Waals surface area (Å²) in [6, 6.07) is 2.77. The van der Waals surface area contributed by atoms with Crippen LogP contribution in [0.5, 0.6) is 0 Å². The van der Waals surface area contributed by atoms with Crippen molar-refractivity contribution in [3.05, 3.63) is 39.7 Å². The number of rotatable bonds is 8. The molecule has 0 saturated carbocycles. The van der Waals surface area contributed by atoms with Crippen LogP contribution in [-0.2, 0) is 0 Å². The van der Waals surface area contributed by atoms with Crippen molar-refractivity contribution >= 4 is 11.6 Å². The minimum atomic E-state index is -1.03. The highest BCUT2D eigenvalue weighted by molar-refractivity contribution is 5.98. The minimum Gasteiger partial charge on any atom is -0.388 e. The van der Waals surface area contributed by atoms with E-state index in [1.54, 1.807) is 0 Å². The van der Waals surface area contributed by atoms with E-state index >= 15 is 0 Å². The number of hydrogen-bond acceptors (Lipinski definition) is 4. The van der Waals surface area contributed by atoms with Gasteiger partial charge in [-0.15, -0.1) is 0 Å². The third-order valence-electron chi connectivity index (χ3n) is 3.41. The van der Waals surface area contributed by atoms with E-state index < -0.39 is 27.9 Å². The molecule has 0 aliphatic rings. The van der Waals surface area contributed by atoms with Crippen LogP contribution in [0, 0.1) is 15.9 Å². The van der Waals surface area contributed by atoms with Gasteiger partial charge in [-0.1, -0.05) is 26.7 Å². The summed E-state index contributed by atoms with van der Waals surface area (Å²) in [6.45, 7) is 3.85. The summed E-state index contributed by atoms with van der Waals surface area (Å²) >= 11 is 0. The SMILES string of the molecule is CCCC(O)(CCC)CNC(=O)c1ccc(F)cc1[N+](=O)[O-]. The number of nitrogens with one attached hydrogen (secondary N) is 1. The highest BCUT2D eigenvalue weighted by Crippen LogP contribution is 2.21. The van der Waals surface area contributed by atoms with Crippen molar-refractivity contribution in [2.45, 2.75) is 45.1 Å². The highest BCUT2D eigenvalue weighted by Gasteiger charge is 2.27. The van der Waals surface area contributed by atoms with E-state index in [1.165, 1.54) is 0 Å². The van der Waals surface area contributed by atoms with Crippen LogP contribution in [0.2, 0.25) is 0 Å². The quantitative estimate of drug-likeness (QED) is 0.570. The number of aliphatic hydroxyl groups is 1. The molecule has 0 aliphatic heterocycles. The maximum Gasteiger partial charge on any atom is 0.285 e. The molecule has 0 fully saturated rings. The average molecular weight is 312 g/mol. The lowest BCUT2D eigenvalue weighted by Crippen LogP contribution is -2.43. The fraction of sp³-hybridized carbons (Fsp3) is 0.533. The van der Waals surface area contributed by atoms with Gasteiger partial charge in [0.25, 0.3) is 11.6 Å². The number of nitrogens with zero attached hydrogens (tertiary/aromatic N) is 1. The largest absolute Gasteiger partial charge is 0.388 e. The Bertz CT molecular complexity index is 542. The summed E-state index contributed by atoms with van der Waals surface area (Å²) in [5.41, 5.74) is -1.85. The zero-order valence-electron chi connectivity index (χ0n) is 12.8. The summed E-state index contributed by atoms with van der Waals surface area (Å²) in [5.74, 6) is -1.48. The molecule has 0 saturated heterocycles. The van der Waals surface area contributed by atoms with Gasteiger partial charge in [0.1, 0.15) is 11.4 Å². The summed E-state index contributed by atoms with van der Waals surface area (Å²) < 4.78 is 13.1. The van der Waals surface area contributed by atoms with Gasteiger partial charge in [-0.25, -0.2) is 4.39 Å². The third kappa shape index (κ3) is 4.77. The predicted molar refractivity (Wildman–Crippen MR) is 80.2 cm³/mol. The molecule has 0 bridgehead atoms. The van der Waals surface area contributed by atoms with Gasteiger partial charge in [-0.2, -0.15) is 0 Å². The molecule has 1 amide bonds. The Morgan fingerprint density at radius 1 is 1.36 bits per heavy atom.